The van der Waals surface area contributed by atoms with E-state index in [-0.39, 0.29) is 11.4 Å². The van der Waals surface area contributed by atoms with E-state index in [2.05, 4.69) is 14.7 Å². The second-order valence-corrected chi connectivity index (χ2v) is 3.04. The molecule has 0 saturated carbocycles. The van der Waals surface area contributed by atoms with Gasteiger partial charge in [-0.15, -0.1) is 0 Å². The smallest absolute Gasteiger partial charge is 0.398 e. The first-order valence-electron chi connectivity index (χ1n) is 3.99. The van der Waals surface area contributed by atoms with Gasteiger partial charge in [0.05, 0.1) is 11.1 Å². The molecule has 15 heavy (non-hydrogen) atoms. The van der Waals surface area contributed by atoms with Gasteiger partial charge in [-0.05, 0) is 13.0 Å². The van der Waals surface area contributed by atoms with Crippen molar-refractivity contribution < 1.29 is 17.7 Å². The quantitative estimate of drug-likeness (QED) is 0.734. The number of fused-ring (bicyclic) bond motifs is 1. The van der Waals surface area contributed by atoms with E-state index in [0.717, 1.165) is 6.07 Å². The lowest BCUT2D eigenvalue weighted by molar-refractivity contribution is -0.141. The fraction of sp³-hybridized carbons (Fsp3) is 0.250. The number of hydrogen-bond donors (Lipinski definition) is 1. The summed E-state index contributed by atoms with van der Waals surface area (Å²) in [6.07, 6.45) is -4.54. The monoisotopic (exact) mass is 217 g/mol. The summed E-state index contributed by atoms with van der Waals surface area (Å²) in [6, 6.07) is 0.770. The van der Waals surface area contributed by atoms with E-state index in [1.807, 2.05) is 0 Å². The first-order valence-corrected chi connectivity index (χ1v) is 3.99. The normalized spacial score (nSPS) is 12.3. The molecule has 2 heterocycles. The van der Waals surface area contributed by atoms with Crippen molar-refractivity contribution in [2.24, 2.45) is 0 Å². The first-order chi connectivity index (χ1) is 6.89. The van der Waals surface area contributed by atoms with Crippen LogP contribution in [0.1, 0.15) is 11.4 Å². The molecule has 0 unspecified atom stereocenters. The predicted octanol–water partition coefficient (Wildman–Crippen LogP) is 2.13. The zero-order valence-electron chi connectivity index (χ0n) is 7.59. The molecule has 2 aromatic rings. The Kier molecular flexibility index (Phi) is 1.85. The highest BCUT2D eigenvalue weighted by atomic mass is 19.4. The molecule has 0 aliphatic rings. The van der Waals surface area contributed by atoms with E-state index in [9.17, 15) is 13.2 Å². The van der Waals surface area contributed by atoms with Gasteiger partial charge in [-0.2, -0.15) is 13.2 Å². The van der Waals surface area contributed by atoms with Gasteiger partial charge in [-0.3, -0.25) is 0 Å². The van der Waals surface area contributed by atoms with Gasteiger partial charge in [0.25, 0.3) is 5.71 Å². The van der Waals surface area contributed by atoms with Crippen LogP contribution in [-0.4, -0.2) is 10.1 Å². The van der Waals surface area contributed by atoms with E-state index in [1.165, 1.54) is 0 Å². The van der Waals surface area contributed by atoms with E-state index < -0.39 is 11.9 Å². The third-order valence-electron chi connectivity index (χ3n) is 1.94. The number of aryl methyl sites for hydroxylation is 1. The molecule has 0 aliphatic heterocycles. The van der Waals surface area contributed by atoms with Gasteiger partial charge < -0.3 is 10.3 Å². The average Bonchev–Trinajstić information content (AvgIpc) is 2.46. The molecule has 0 radical (unpaired) electrons. The van der Waals surface area contributed by atoms with Crippen LogP contribution < -0.4 is 5.73 Å². The standard InChI is InChI=1S/C8H6F3N3O/c1-3-6-4(12)2-5(8(9,10)11)13-7(6)15-14-3/h2H,1H3,(H2,12,13). The van der Waals surface area contributed by atoms with Crippen LogP contribution in [0.15, 0.2) is 10.6 Å². The van der Waals surface area contributed by atoms with Crippen LogP contribution in [0.3, 0.4) is 0 Å². The Balaban J connectivity index is 2.74. The van der Waals surface area contributed by atoms with Gasteiger partial charge in [-0.25, -0.2) is 4.98 Å². The molecule has 0 bridgehead atoms. The Morgan fingerprint density at radius 1 is 1.40 bits per heavy atom. The number of rotatable bonds is 0. The molecule has 4 nitrogen and oxygen atoms in total. The molecule has 0 aliphatic carbocycles. The van der Waals surface area contributed by atoms with Gasteiger partial charge in [-0.1, -0.05) is 5.16 Å². The number of nitrogens with two attached hydrogens (primary N) is 1. The molecule has 0 atom stereocenters. The minimum absolute atomic E-state index is 0.0360. The van der Waals surface area contributed by atoms with Crippen LogP contribution in [0.2, 0.25) is 0 Å². The highest BCUT2D eigenvalue weighted by Gasteiger charge is 2.34. The molecular weight excluding hydrogens is 211 g/mol. The average molecular weight is 217 g/mol. The predicted molar refractivity (Wildman–Crippen MR) is 46.0 cm³/mol. The van der Waals surface area contributed by atoms with Crippen molar-refractivity contribution in [2.45, 2.75) is 13.1 Å². The van der Waals surface area contributed by atoms with Crippen LogP contribution in [0.4, 0.5) is 18.9 Å². The number of pyridine rings is 1. The fourth-order valence-corrected chi connectivity index (χ4v) is 1.27. The fourth-order valence-electron chi connectivity index (χ4n) is 1.27. The van der Waals surface area contributed by atoms with Crippen LogP contribution in [-0.2, 0) is 6.18 Å². The summed E-state index contributed by atoms with van der Waals surface area (Å²) in [5.41, 5.74) is 4.57. The zero-order valence-corrected chi connectivity index (χ0v) is 7.59. The Hall–Kier alpha value is -1.79. The summed E-state index contributed by atoms with van der Waals surface area (Å²) in [5, 5.41) is 3.82. The van der Waals surface area contributed by atoms with Crippen LogP contribution in [0, 0.1) is 6.92 Å². The molecule has 2 N–H and O–H groups in total. The molecule has 7 heteroatoms. The van der Waals surface area contributed by atoms with E-state index in [1.54, 1.807) is 6.92 Å². The molecule has 0 spiro atoms. The van der Waals surface area contributed by atoms with Crippen LogP contribution in [0.25, 0.3) is 11.1 Å². The number of nitrogen functional groups attached to an aromatic ring is 1. The van der Waals surface area contributed by atoms with E-state index >= 15 is 0 Å². The molecule has 2 rings (SSSR count). The van der Waals surface area contributed by atoms with E-state index in [0.29, 0.717) is 11.1 Å². The highest BCUT2D eigenvalue weighted by Crippen LogP contribution is 2.32. The minimum atomic E-state index is -4.54. The molecule has 0 aromatic carbocycles. The Labute approximate surface area is 81.9 Å². The van der Waals surface area contributed by atoms with Crippen molar-refractivity contribution in [1.82, 2.24) is 10.1 Å². The molecule has 2 aromatic heterocycles. The molecule has 80 valence electrons. The summed E-state index contributed by atoms with van der Waals surface area (Å²) >= 11 is 0. The summed E-state index contributed by atoms with van der Waals surface area (Å²) < 4.78 is 41.6. The molecule has 0 saturated heterocycles. The van der Waals surface area contributed by atoms with Gasteiger partial charge in [0.2, 0.25) is 0 Å². The lowest BCUT2D eigenvalue weighted by Crippen LogP contribution is -2.08. The van der Waals surface area contributed by atoms with Crippen molar-refractivity contribution in [2.75, 3.05) is 5.73 Å². The number of hydrogen-bond acceptors (Lipinski definition) is 4. The second kappa shape index (κ2) is 2.85. The number of aromatic nitrogens is 2. The summed E-state index contributed by atoms with van der Waals surface area (Å²) in [5.74, 6) is 0. The van der Waals surface area contributed by atoms with Gasteiger partial charge in [0, 0.05) is 5.69 Å². The van der Waals surface area contributed by atoms with Gasteiger partial charge in [0.15, 0.2) is 5.69 Å². The summed E-state index contributed by atoms with van der Waals surface area (Å²) in [6.45, 7) is 1.58. The largest absolute Gasteiger partial charge is 0.433 e. The van der Waals surface area contributed by atoms with Gasteiger partial charge >= 0.3 is 6.18 Å². The van der Waals surface area contributed by atoms with Crippen molar-refractivity contribution in [3.8, 4) is 0 Å². The lowest BCUT2D eigenvalue weighted by Gasteiger charge is -2.05. The van der Waals surface area contributed by atoms with Crippen LogP contribution >= 0.6 is 0 Å². The van der Waals surface area contributed by atoms with Gasteiger partial charge in [0.1, 0.15) is 0 Å². The number of halogens is 3. The van der Waals surface area contributed by atoms with Crippen LogP contribution in [0.5, 0.6) is 0 Å². The number of nitrogens with zero attached hydrogens (tertiary/aromatic N) is 2. The summed E-state index contributed by atoms with van der Waals surface area (Å²) in [7, 11) is 0. The Morgan fingerprint density at radius 3 is 2.67 bits per heavy atom. The Morgan fingerprint density at radius 2 is 2.07 bits per heavy atom. The molecule has 0 amide bonds. The van der Waals surface area contributed by atoms with Crippen molar-refractivity contribution in [3.63, 3.8) is 0 Å². The third kappa shape index (κ3) is 1.49. The maximum absolute atomic E-state index is 12.3. The Bertz CT molecular complexity index is 518. The number of alkyl halides is 3. The number of anilines is 1. The SMILES string of the molecule is Cc1noc2nc(C(F)(F)F)cc(N)c12. The first kappa shape index (κ1) is 9.75. The van der Waals surface area contributed by atoms with Crippen molar-refractivity contribution >= 4 is 16.8 Å². The maximum Gasteiger partial charge on any atom is 0.433 e. The lowest BCUT2D eigenvalue weighted by atomic mass is 10.2. The molecular formula is C8H6F3N3O. The minimum Gasteiger partial charge on any atom is -0.398 e. The van der Waals surface area contributed by atoms with E-state index in [4.69, 9.17) is 5.73 Å². The molecule has 0 fully saturated rings. The third-order valence-corrected chi connectivity index (χ3v) is 1.94. The second-order valence-electron chi connectivity index (χ2n) is 3.04. The van der Waals surface area contributed by atoms with Crippen molar-refractivity contribution in [1.29, 1.82) is 0 Å². The summed E-state index contributed by atoms with van der Waals surface area (Å²) in [4.78, 5) is 3.29. The highest BCUT2D eigenvalue weighted by molar-refractivity contribution is 5.88. The van der Waals surface area contributed by atoms with Crippen molar-refractivity contribution in [3.05, 3.63) is 17.5 Å². The topological polar surface area (TPSA) is 64.9 Å². The maximum atomic E-state index is 12.3. The zero-order chi connectivity index (χ0) is 11.2.